The van der Waals surface area contributed by atoms with E-state index in [1.165, 1.54) is 0 Å². The predicted octanol–water partition coefficient (Wildman–Crippen LogP) is 0.289. The minimum absolute atomic E-state index is 0. The molecular formula is C6H15CaNO2. The van der Waals surface area contributed by atoms with Gasteiger partial charge in [-0.3, -0.25) is 4.79 Å². The molecule has 0 aliphatic carbocycles. The van der Waals surface area contributed by atoms with Crippen molar-refractivity contribution in [1.29, 1.82) is 0 Å². The van der Waals surface area contributed by atoms with Crippen molar-refractivity contribution in [3.8, 4) is 0 Å². The van der Waals surface area contributed by atoms with E-state index in [0.29, 0.717) is 0 Å². The summed E-state index contributed by atoms with van der Waals surface area (Å²) in [6, 6.07) is -0.699. The Hall–Kier alpha value is 0.690. The fourth-order valence-electron chi connectivity index (χ4n) is 0.497. The maximum atomic E-state index is 10.2. The molecule has 0 bridgehead atoms. The molecule has 2 atom stereocenters. The van der Waals surface area contributed by atoms with Gasteiger partial charge in [0.15, 0.2) is 0 Å². The minimum Gasteiger partial charge on any atom is -1.00 e. The van der Waals surface area contributed by atoms with Crippen molar-refractivity contribution in [2.45, 2.75) is 26.3 Å². The van der Waals surface area contributed by atoms with Crippen LogP contribution in [0.15, 0.2) is 0 Å². The zero-order chi connectivity index (χ0) is 7.44. The van der Waals surface area contributed by atoms with E-state index < -0.39 is 12.0 Å². The molecular weight excluding hydrogens is 158 g/mol. The summed E-state index contributed by atoms with van der Waals surface area (Å²) in [5, 5.41) is 8.36. The summed E-state index contributed by atoms with van der Waals surface area (Å²) >= 11 is 0. The maximum absolute atomic E-state index is 10.2. The van der Waals surface area contributed by atoms with Crippen LogP contribution < -0.4 is 5.73 Å². The first-order valence-corrected chi connectivity index (χ1v) is 3.08. The smallest absolute Gasteiger partial charge is 1.00 e. The van der Waals surface area contributed by atoms with Crippen LogP contribution in [0.25, 0.3) is 0 Å². The average molecular weight is 173 g/mol. The summed E-state index contributed by atoms with van der Waals surface area (Å²) in [4.78, 5) is 10.2. The molecule has 0 fully saturated rings. The standard InChI is InChI=1S/C6H13NO2.Ca.2H/c1-3-4(2)5(7)6(8)9;;;/h4-5H,3,7H2,1-2H3,(H,8,9);;;/q;+2;2*-1. The first-order valence-electron chi connectivity index (χ1n) is 3.08. The van der Waals surface area contributed by atoms with Gasteiger partial charge in [0.05, 0.1) is 0 Å². The Labute approximate surface area is 93.9 Å². The van der Waals surface area contributed by atoms with Crippen molar-refractivity contribution in [3.63, 3.8) is 0 Å². The Morgan fingerprint density at radius 1 is 1.80 bits per heavy atom. The molecule has 0 saturated heterocycles. The molecule has 3 N–H and O–H groups in total. The van der Waals surface area contributed by atoms with Gasteiger partial charge in [0.25, 0.3) is 0 Å². The van der Waals surface area contributed by atoms with E-state index in [1.807, 2.05) is 13.8 Å². The average Bonchev–Trinajstić information content (AvgIpc) is 1.84. The summed E-state index contributed by atoms with van der Waals surface area (Å²) in [7, 11) is 0. The van der Waals surface area contributed by atoms with E-state index >= 15 is 0 Å². The monoisotopic (exact) mass is 173 g/mol. The molecule has 0 aromatic rings. The van der Waals surface area contributed by atoms with Gasteiger partial charge in [0, 0.05) is 0 Å². The van der Waals surface area contributed by atoms with Crippen LogP contribution in [0.4, 0.5) is 0 Å². The van der Waals surface area contributed by atoms with Gasteiger partial charge in [0.1, 0.15) is 6.04 Å². The molecule has 0 aromatic carbocycles. The number of carboxylic acid groups (broad SMARTS) is 1. The Morgan fingerprint density at radius 2 is 2.20 bits per heavy atom. The fraction of sp³-hybridized carbons (Fsp3) is 0.833. The quantitative estimate of drug-likeness (QED) is 0.603. The molecule has 0 heterocycles. The summed E-state index contributed by atoms with van der Waals surface area (Å²) in [5.74, 6) is -0.841. The zero-order valence-corrected chi connectivity index (χ0v) is 8.71. The topological polar surface area (TPSA) is 63.3 Å². The fourth-order valence-corrected chi connectivity index (χ4v) is 0.497. The molecule has 0 radical (unpaired) electrons. The number of carbonyl (C=O) groups is 1. The molecule has 2 unspecified atom stereocenters. The van der Waals surface area contributed by atoms with Gasteiger partial charge in [-0.25, -0.2) is 0 Å². The van der Waals surface area contributed by atoms with Gasteiger partial charge in [-0.05, 0) is 5.92 Å². The summed E-state index contributed by atoms with van der Waals surface area (Å²) in [6.07, 6.45) is 0.813. The van der Waals surface area contributed by atoms with Crippen LogP contribution >= 0.6 is 0 Å². The van der Waals surface area contributed by atoms with Crippen molar-refractivity contribution in [3.05, 3.63) is 0 Å². The Bertz CT molecular complexity index is 116. The SMILES string of the molecule is CCC(C)C(N)C(=O)O.[Ca+2].[H-].[H-]. The van der Waals surface area contributed by atoms with Crippen LogP contribution in [0.2, 0.25) is 0 Å². The number of hydrogen-bond donors (Lipinski definition) is 2. The number of carboxylic acids is 1. The van der Waals surface area contributed by atoms with E-state index in [1.54, 1.807) is 0 Å². The van der Waals surface area contributed by atoms with Gasteiger partial charge in [0.2, 0.25) is 0 Å². The first kappa shape index (κ1) is 13.3. The number of hydrogen-bond acceptors (Lipinski definition) is 2. The van der Waals surface area contributed by atoms with Crippen LogP contribution in [-0.4, -0.2) is 54.9 Å². The third-order valence-corrected chi connectivity index (χ3v) is 1.54. The van der Waals surface area contributed by atoms with E-state index in [4.69, 9.17) is 10.8 Å². The second-order valence-corrected chi connectivity index (χ2v) is 2.25. The molecule has 0 rings (SSSR count). The molecule has 10 heavy (non-hydrogen) atoms. The largest absolute Gasteiger partial charge is 2.00 e. The van der Waals surface area contributed by atoms with Crippen LogP contribution in [0.3, 0.4) is 0 Å². The Morgan fingerprint density at radius 3 is 2.30 bits per heavy atom. The predicted molar refractivity (Wildman–Crippen MR) is 43.0 cm³/mol. The van der Waals surface area contributed by atoms with Crippen molar-refractivity contribution < 1.29 is 12.8 Å². The van der Waals surface area contributed by atoms with E-state index in [0.717, 1.165) is 6.42 Å². The van der Waals surface area contributed by atoms with Crippen molar-refractivity contribution in [1.82, 2.24) is 0 Å². The molecule has 0 amide bonds. The molecule has 0 aromatic heterocycles. The summed E-state index contributed by atoms with van der Waals surface area (Å²) in [5.41, 5.74) is 5.27. The molecule has 58 valence electrons. The van der Waals surface area contributed by atoms with Crippen LogP contribution in [0, 0.1) is 5.92 Å². The van der Waals surface area contributed by atoms with Crippen molar-refractivity contribution in [2.75, 3.05) is 0 Å². The second kappa shape index (κ2) is 6.40. The summed E-state index contributed by atoms with van der Waals surface area (Å²) < 4.78 is 0. The van der Waals surface area contributed by atoms with Crippen LogP contribution in [0.5, 0.6) is 0 Å². The van der Waals surface area contributed by atoms with Crippen LogP contribution in [-0.2, 0) is 4.79 Å². The third-order valence-electron chi connectivity index (χ3n) is 1.54. The third kappa shape index (κ3) is 4.50. The molecule has 0 aliphatic heterocycles. The van der Waals surface area contributed by atoms with Gasteiger partial charge in [-0.2, -0.15) is 0 Å². The Kier molecular flexibility index (Phi) is 8.51. The van der Waals surface area contributed by atoms with Gasteiger partial charge < -0.3 is 13.7 Å². The molecule has 0 saturated carbocycles. The van der Waals surface area contributed by atoms with Crippen molar-refractivity contribution >= 4 is 43.7 Å². The maximum Gasteiger partial charge on any atom is 2.00 e. The van der Waals surface area contributed by atoms with E-state index in [9.17, 15) is 4.79 Å². The minimum atomic E-state index is -0.913. The van der Waals surface area contributed by atoms with E-state index in [2.05, 4.69) is 0 Å². The molecule has 3 nitrogen and oxygen atoms in total. The molecule has 0 aliphatic rings. The molecule has 0 spiro atoms. The van der Waals surface area contributed by atoms with Gasteiger partial charge >= 0.3 is 43.7 Å². The summed E-state index contributed by atoms with van der Waals surface area (Å²) in [6.45, 7) is 3.76. The second-order valence-electron chi connectivity index (χ2n) is 2.25. The van der Waals surface area contributed by atoms with Gasteiger partial charge in [-0.15, -0.1) is 0 Å². The number of aliphatic carboxylic acids is 1. The molecule has 4 heteroatoms. The zero-order valence-electron chi connectivity index (χ0n) is 8.50. The van der Waals surface area contributed by atoms with E-state index in [-0.39, 0.29) is 46.5 Å². The van der Waals surface area contributed by atoms with Gasteiger partial charge in [-0.1, -0.05) is 20.3 Å². The normalized spacial score (nSPS) is 15.1. The Balaban J connectivity index is -0.000000107. The van der Waals surface area contributed by atoms with Crippen LogP contribution in [0.1, 0.15) is 23.1 Å². The number of rotatable bonds is 3. The number of nitrogens with two attached hydrogens (primary N) is 1. The first-order chi connectivity index (χ1) is 4.09. The van der Waals surface area contributed by atoms with Crippen molar-refractivity contribution in [2.24, 2.45) is 11.7 Å².